The molecule has 0 bridgehead atoms. The third-order valence-corrected chi connectivity index (χ3v) is 3.02. The topological polar surface area (TPSA) is 48.1 Å². The van der Waals surface area contributed by atoms with Gasteiger partial charge in [0.2, 0.25) is 0 Å². The molecule has 0 fully saturated rings. The van der Waals surface area contributed by atoms with E-state index < -0.39 is 0 Å². The highest BCUT2D eigenvalue weighted by atomic mass is 32.1. The van der Waals surface area contributed by atoms with E-state index in [0.717, 1.165) is 5.75 Å². The van der Waals surface area contributed by atoms with Gasteiger partial charge in [-0.3, -0.25) is 4.98 Å². The van der Waals surface area contributed by atoms with Crippen molar-refractivity contribution < 1.29 is 4.74 Å². The summed E-state index contributed by atoms with van der Waals surface area (Å²) in [5.41, 5.74) is 5.53. The highest BCUT2D eigenvalue weighted by Crippen LogP contribution is 2.18. The molecule has 0 aromatic carbocycles. The standard InChI is InChI=1S/C11H12N2OS/c12-6-10-3-4-11(15-10)8-14-9-2-1-5-13-7-9/h1-5,7H,6,8,12H2. The number of pyridine rings is 1. The first-order chi connectivity index (χ1) is 7.38. The summed E-state index contributed by atoms with van der Waals surface area (Å²) in [6.45, 7) is 1.17. The maximum absolute atomic E-state index is 5.56. The molecule has 15 heavy (non-hydrogen) atoms. The maximum atomic E-state index is 5.56. The molecule has 4 heteroatoms. The number of nitrogens with two attached hydrogens (primary N) is 1. The summed E-state index contributed by atoms with van der Waals surface area (Å²) in [5.74, 6) is 0.792. The number of rotatable bonds is 4. The molecule has 0 aliphatic rings. The van der Waals surface area contributed by atoms with Crippen molar-refractivity contribution in [2.75, 3.05) is 0 Å². The summed E-state index contributed by atoms with van der Waals surface area (Å²) in [7, 11) is 0. The van der Waals surface area contributed by atoms with Crippen LogP contribution in [0.3, 0.4) is 0 Å². The van der Waals surface area contributed by atoms with Gasteiger partial charge in [0, 0.05) is 22.5 Å². The fraction of sp³-hybridized carbons (Fsp3) is 0.182. The zero-order chi connectivity index (χ0) is 10.5. The van der Waals surface area contributed by atoms with E-state index in [-0.39, 0.29) is 0 Å². The monoisotopic (exact) mass is 220 g/mol. The Morgan fingerprint density at radius 3 is 2.80 bits per heavy atom. The van der Waals surface area contributed by atoms with E-state index in [1.54, 1.807) is 23.7 Å². The Bertz CT molecular complexity index is 414. The van der Waals surface area contributed by atoms with Crippen LogP contribution in [-0.2, 0) is 13.2 Å². The van der Waals surface area contributed by atoms with Crippen LogP contribution in [0.15, 0.2) is 36.7 Å². The molecule has 78 valence electrons. The lowest BCUT2D eigenvalue weighted by molar-refractivity contribution is 0.308. The molecule has 2 N–H and O–H groups in total. The molecule has 0 spiro atoms. The fourth-order valence-electron chi connectivity index (χ4n) is 1.20. The lowest BCUT2D eigenvalue weighted by Gasteiger charge is -2.02. The second-order valence-electron chi connectivity index (χ2n) is 3.05. The van der Waals surface area contributed by atoms with Crippen molar-refractivity contribution in [1.29, 1.82) is 0 Å². The Kier molecular flexibility index (Phi) is 3.32. The van der Waals surface area contributed by atoms with E-state index in [2.05, 4.69) is 4.98 Å². The van der Waals surface area contributed by atoms with E-state index >= 15 is 0 Å². The molecule has 2 rings (SSSR count). The van der Waals surface area contributed by atoms with E-state index in [1.807, 2.05) is 24.3 Å². The van der Waals surface area contributed by atoms with E-state index in [1.165, 1.54) is 9.75 Å². The highest BCUT2D eigenvalue weighted by molar-refractivity contribution is 7.11. The lowest BCUT2D eigenvalue weighted by atomic mass is 10.4. The van der Waals surface area contributed by atoms with Crippen molar-refractivity contribution in [3.8, 4) is 5.75 Å². The molecule has 0 radical (unpaired) electrons. The quantitative estimate of drug-likeness (QED) is 0.859. The van der Waals surface area contributed by atoms with Crippen molar-refractivity contribution in [2.45, 2.75) is 13.2 Å². The van der Waals surface area contributed by atoms with Gasteiger partial charge in [-0.2, -0.15) is 0 Å². The number of ether oxygens (including phenoxy) is 1. The first kappa shape index (κ1) is 10.1. The summed E-state index contributed by atoms with van der Waals surface area (Å²) < 4.78 is 5.56. The average Bonchev–Trinajstić information content (AvgIpc) is 2.76. The SMILES string of the molecule is NCc1ccc(COc2cccnc2)s1. The molecule has 2 aromatic heterocycles. The van der Waals surface area contributed by atoms with Gasteiger partial charge in [0.25, 0.3) is 0 Å². The largest absolute Gasteiger partial charge is 0.486 e. The van der Waals surface area contributed by atoms with Crippen LogP contribution in [0.5, 0.6) is 5.75 Å². The summed E-state index contributed by atoms with van der Waals surface area (Å²) >= 11 is 1.68. The maximum Gasteiger partial charge on any atom is 0.138 e. The van der Waals surface area contributed by atoms with Gasteiger partial charge < -0.3 is 10.5 Å². The third-order valence-electron chi connectivity index (χ3n) is 1.93. The molecule has 2 aromatic rings. The second kappa shape index (κ2) is 4.91. The Hall–Kier alpha value is -1.39. The number of hydrogen-bond acceptors (Lipinski definition) is 4. The van der Waals surface area contributed by atoms with Crippen LogP contribution >= 0.6 is 11.3 Å². The zero-order valence-electron chi connectivity index (χ0n) is 8.22. The number of thiophene rings is 1. The summed E-state index contributed by atoms with van der Waals surface area (Å²) in [4.78, 5) is 6.34. The molecule has 0 amide bonds. The minimum absolute atomic E-state index is 0.580. The smallest absolute Gasteiger partial charge is 0.138 e. The van der Waals surface area contributed by atoms with Crippen LogP contribution in [0.1, 0.15) is 9.75 Å². The van der Waals surface area contributed by atoms with Crippen LogP contribution < -0.4 is 10.5 Å². The molecule has 0 aliphatic carbocycles. The predicted molar refractivity (Wildman–Crippen MR) is 60.8 cm³/mol. The van der Waals surface area contributed by atoms with Crippen molar-refractivity contribution in [3.05, 3.63) is 46.4 Å². The van der Waals surface area contributed by atoms with Gasteiger partial charge in [0.15, 0.2) is 0 Å². The second-order valence-corrected chi connectivity index (χ2v) is 4.30. The molecule has 0 saturated heterocycles. The normalized spacial score (nSPS) is 10.2. The summed E-state index contributed by atoms with van der Waals surface area (Å²) in [6, 6.07) is 7.83. The zero-order valence-corrected chi connectivity index (χ0v) is 9.04. The van der Waals surface area contributed by atoms with Gasteiger partial charge in [-0.05, 0) is 24.3 Å². The Labute approximate surface area is 92.5 Å². The van der Waals surface area contributed by atoms with Crippen LogP contribution in [-0.4, -0.2) is 4.98 Å². The third kappa shape index (κ3) is 2.78. The Morgan fingerprint density at radius 2 is 2.13 bits per heavy atom. The minimum Gasteiger partial charge on any atom is -0.486 e. The molecular weight excluding hydrogens is 208 g/mol. The first-order valence-electron chi connectivity index (χ1n) is 4.69. The molecule has 3 nitrogen and oxygen atoms in total. The predicted octanol–water partition coefficient (Wildman–Crippen LogP) is 2.18. The fourth-order valence-corrected chi connectivity index (χ4v) is 2.01. The molecule has 0 unspecified atom stereocenters. The average molecular weight is 220 g/mol. The van der Waals surface area contributed by atoms with Crippen LogP contribution in [0.2, 0.25) is 0 Å². The number of aromatic nitrogens is 1. The lowest BCUT2D eigenvalue weighted by Crippen LogP contribution is -1.93. The van der Waals surface area contributed by atoms with Gasteiger partial charge in [0.1, 0.15) is 12.4 Å². The molecule has 0 saturated carbocycles. The van der Waals surface area contributed by atoms with E-state index in [9.17, 15) is 0 Å². The van der Waals surface area contributed by atoms with E-state index in [0.29, 0.717) is 13.2 Å². The summed E-state index contributed by atoms with van der Waals surface area (Å²) in [5, 5.41) is 0. The molecule has 0 atom stereocenters. The van der Waals surface area contributed by atoms with Gasteiger partial charge in [-0.25, -0.2) is 0 Å². The first-order valence-corrected chi connectivity index (χ1v) is 5.50. The Balaban J connectivity index is 1.93. The molecular formula is C11H12N2OS. The van der Waals surface area contributed by atoms with Crippen molar-refractivity contribution >= 4 is 11.3 Å². The van der Waals surface area contributed by atoms with Crippen molar-refractivity contribution in [3.63, 3.8) is 0 Å². The highest BCUT2D eigenvalue weighted by Gasteiger charge is 1.99. The van der Waals surface area contributed by atoms with Gasteiger partial charge in [-0.1, -0.05) is 0 Å². The van der Waals surface area contributed by atoms with E-state index in [4.69, 9.17) is 10.5 Å². The van der Waals surface area contributed by atoms with Crippen LogP contribution in [0, 0.1) is 0 Å². The van der Waals surface area contributed by atoms with Crippen molar-refractivity contribution in [2.24, 2.45) is 5.73 Å². The van der Waals surface area contributed by atoms with Crippen LogP contribution in [0.25, 0.3) is 0 Å². The summed E-state index contributed by atoms with van der Waals surface area (Å²) in [6.07, 6.45) is 3.43. The minimum atomic E-state index is 0.580. The molecule has 2 heterocycles. The van der Waals surface area contributed by atoms with Gasteiger partial charge >= 0.3 is 0 Å². The number of nitrogens with zero attached hydrogens (tertiary/aromatic N) is 1. The molecule has 0 aliphatic heterocycles. The van der Waals surface area contributed by atoms with Crippen LogP contribution in [0.4, 0.5) is 0 Å². The van der Waals surface area contributed by atoms with Gasteiger partial charge in [-0.15, -0.1) is 11.3 Å². The number of hydrogen-bond donors (Lipinski definition) is 1. The van der Waals surface area contributed by atoms with Crippen molar-refractivity contribution in [1.82, 2.24) is 4.98 Å². The Morgan fingerprint density at radius 1 is 1.27 bits per heavy atom. The van der Waals surface area contributed by atoms with Gasteiger partial charge in [0.05, 0.1) is 6.20 Å².